The van der Waals surface area contributed by atoms with Crippen molar-refractivity contribution in [2.75, 3.05) is 13.1 Å². The van der Waals surface area contributed by atoms with Gasteiger partial charge in [-0.05, 0) is 67.6 Å². The monoisotopic (exact) mass is 503 g/mol. The summed E-state index contributed by atoms with van der Waals surface area (Å²) in [6, 6.07) is 8.07. The molecule has 1 aliphatic heterocycles. The van der Waals surface area contributed by atoms with Crippen LogP contribution in [0.25, 0.3) is 0 Å². The molecule has 0 unspecified atom stereocenters. The average molecular weight is 504 g/mol. The third kappa shape index (κ3) is 6.17. The number of halogens is 7. The van der Waals surface area contributed by atoms with E-state index < -0.39 is 35.7 Å². The van der Waals surface area contributed by atoms with Gasteiger partial charge in [0, 0.05) is 25.0 Å². The Morgan fingerprint density at radius 3 is 1.97 bits per heavy atom. The van der Waals surface area contributed by atoms with Gasteiger partial charge in [0.25, 0.3) is 0 Å². The molecule has 0 amide bonds. The van der Waals surface area contributed by atoms with Crippen molar-refractivity contribution in [2.45, 2.75) is 75.5 Å². The van der Waals surface area contributed by atoms with E-state index in [1.54, 1.807) is 12.1 Å². The minimum atomic E-state index is -4.92. The standard InChI is InChI=1S/C26H28F7NO/c1-16(18-12-19(25(28,29)30)14-20(13-18)26(31,32)33)35-24-10-11-34(22-4-2-3-5-22)15-23(24)17-6-8-21(27)9-7-17/h6-9,12-14,16,22-24H,2-5,10-11,15H2,1H3/t16-,23-,24+/m1/s1. The second-order valence-electron chi connectivity index (χ2n) is 9.54. The summed E-state index contributed by atoms with van der Waals surface area (Å²) < 4.78 is 99.6. The maximum absolute atomic E-state index is 13.5. The lowest BCUT2D eigenvalue weighted by atomic mass is 9.86. The van der Waals surface area contributed by atoms with Crippen molar-refractivity contribution >= 4 is 0 Å². The third-order valence-corrected chi connectivity index (χ3v) is 7.18. The maximum Gasteiger partial charge on any atom is 0.416 e. The molecule has 0 aromatic heterocycles. The molecule has 1 saturated carbocycles. The molecule has 2 aliphatic rings. The highest BCUT2D eigenvalue weighted by atomic mass is 19.4. The molecule has 0 N–H and O–H groups in total. The predicted octanol–water partition coefficient (Wildman–Crippen LogP) is 7.74. The van der Waals surface area contributed by atoms with Crippen LogP contribution in [-0.4, -0.2) is 30.1 Å². The zero-order valence-electron chi connectivity index (χ0n) is 19.3. The zero-order chi connectivity index (χ0) is 25.4. The first-order valence-electron chi connectivity index (χ1n) is 11.9. The van der Waals surface area contributed by atoms with Crippen LogP contribution < -0.4 is 0 Å². The minimum absolute atomic E-state index is 0.123. The highest BCUT2D eigenvalue weighted by Gasteiger charge is 2.39. The van der Waals surface area contributed by atoms with Crippen LogP contribution in [-0.2, 0) is 17.1 Å². The Morgan fingerprint density at radius 1 is 0.857 bits per heavy atom. The number of likely N-dealkylation sites (tertiary alicyclic amines) is 1. The van der Waals surface area contributed by atoms with E-state index in [4.69, 9.17) is 4.74 Å². The molecule has 0 spiro atoms. The first kappa shape index (κ1) is 25.9. The van der Waals surface area contributed by atoms with Crippen molar-refractivity contribution in [1.82, 2.24) is 4.90 Å². The summed E-state index contributed by atoms with van der Waals surface area (Å²) >= 11 is 0. The number of hydrogen-bond donors (Lipinski definition) is 0. The van der Waals surface area contributed by atoms with Gasteiger partial charge >= 0.3 is 12.4 Å². The third-order valence-electron chi connectivity index (χ3n) is 7.18. The van der Waals surface area contributed by atoms with E-state index in [1.165, 1.54) is 19.1 Å². The number of hydrogen-bond acceptors (Lipinski definition) is 2. The second-order valence-corrected chi connectivity index (χ2v) is 9.54. The summed E-state index contributed by atoms with van der Waals surface area (Å²) in [6.07, 6.45) is -6.16. The molecule has 192 valence electrons. The van der Waals surface area contributed by atoms with E-state index in [1.807, 2.05) is 0 Å². The molecule has 1 saturated heterocycles. The van der Waals surface area contributed by atoms with Crippen LogP contribution in [0.4, 0.5) is 30.7 Å². The van der Waals surface area contributed by atoms with Crippen LogP contribution in [0.1, 0.15) is 73.3 Å². The fourth-order valence-electron chi connectivity index (χ4n) is 5.30. The van der Waals surface area contributed by atoms with Gasteiger partial charge in [-0.15, -0.1) is 0 Å². The van der Waals surface area contributed by atoms with Gasteiger partial charge in [-0.25, -0.2) is 4.39 Å². The average Bonchev–Trinajstić information content (AvgIpc) is 3.33. The van der Waals surface area contributed by atoms with E-state index in [2.05, 4.69) is 4.90 Å². The Kier molecular flexibility index (Phi) is 7.48. The SMILES string of the molecule is C[C@@H](O[C@H]1CCN(C2CCCC2)C[C@@H]1c1ccc(F)cc1)c1cc(C(F)(F)F)cc(C(F)(F)F)c1. The molecule has 4 rings (SSSR count). The van der Waals surface area contributed by atoms with Gasteiger partial charge in [-0.2, -0.15) is 26.3 Å². The molecule has 0 radical (unpaired) electrons. The Labute approximate surface area is 200 Å². The first-order valence-corrected chi connectivity index (χ1v) is 11.9. The molecular formula is C26H28F7NO. The number of piperidine rings is 1. The molecule has 0 bridgehead atoms. The number of benzene rings is 2. The molecule has 2 aromatic rings. The van der Waals surface area contributed by atoms with Gasteiger partial charge in [-0.3, -0.25) is 4.90 Å². The molecule has 2 nitrogen and oxygen atoms in total. The van der Waals surface area contributed by atoms with Crippen molar-refractivity contribution in [3.8, 4) is 0 Å². The van der Waals surface area contributed by atoms with Crippen molar-refractivity contribution in [1.29, 1.82) is 0 Å². The van der Waals surface area contributed by atoms with Gasteiger partial charge < -0.3 is 4.74 Å². The van der Waals surface area contributed by atoms with Crippen LogP contribution in [0.3, 0.4) is 0 Å². The summed E-state index contributed by atoms with van der Waals surface area (Å²) in [5.41, 5.74) is -2.05. The summed E-state index contributed by atoms with van der Waals surface area (Å²) in [5.74, 6) is -0.563. The van der Waals surface area contributed by atoms with E-state index in [0.717, 1.165) is 49.9 Å². The summed E-state index contributed by atoms with van der Waals surface area (Å²) in [5, 5.41) is 0. The predicted molar refractivity (Wildman–Crippen MR) is 117 cm³/mol. The second kappa shape index (κ2) is 10.1. The van der Waals surface area contributed by atoms with E-state index in [0.29, 0.717) is 19.0 Å². The molecule has 9 heteroatoms. The largest absolute Gasteiger partial charge is 0.416 e. The van der Waals surface area contributed by atoms with Crippen LogP contribution in [0.2, 0.25) is 0 Å². The quantitative estimate of drug-likeness (QED) is 0.387. The van der Waals surface area contributed by atoms with Crippen LogP contribution in [0.15, 0.2) is 42.5 Å². The Morgan fingerprint density at radius 2 is 1.43 bits per heavy atom. The van der Waals surface area contributed by atoms with E-state index >= 15 is 0 Å². The van der Waals surface area contributed by atoms with Crippen LogP contribution in [0, 0.1) is 5.82 Å². The fraction of sp³-hybridized carbons (Fsp3) is 0.538. The molecule has 35 heavy (non-hydrogen) atoms. The van der Waals surface area contributed by atoms with Crippen molar-refractivity contribution in [3.05, 3.63) is 70.5 Å². The van der Waals surface area contributed by atoms with Crippen molar-refractivity contribution in [3.63, 3.8) is 0 Å². The van der Waals surface area contributed by atoms with Crippen LogP contribution in [0.5, 0.6) is 0 Å². The maximum atomic E-state index is 13.5. The van der Waals surface area contributed by atoms with Gasteiger partial charge in [-0.1, -0.05) is 25.0 Å². The minimum Gasteiger partial charge on any atom is -0.370 e. The van der Waals surface area contributed by atoms with Gasteiger partial charge in [0.15, 0.2) is 0 Å². The summed E-state index contributed by atoms with van der Waals surface area (Å²) in [6.45, 7) is 2.85. The molecule has 2 aromatic carbocycles. The lowest BCUT2D eigenvalue weighted by molar-refractivity contribution is -0.143. The number of alkyl halides is 6. The fourth-order valence-corrected chi connectivity index (χ4v) is 5.30. The van der Waals surface area contributed by atoms with E-state index in [9.17, 15) is 30.7 Å². The normalized spacial score (nSPS) is 23.5. The highest BCUT2D eigenvalue weighted by molar-refractivity contribution is 5.35. The van der Waals surface area contributed by atoms with Crippen molar-refractivity contribution < 1.29 is 35.5 Å². The molecule has 3 atom stereocenters. The van der Waals surface area contributed by atoms with Crippen LogP contribution >= 0.6 is 0 Å². The summed E-state index contributed by atoms with van der Waals surface area (Å²) in [7, 11) is 0. The smallest absolute Gasteiger partial charge is 0.370 e. The lowest BCUT2D eigenvalue weighted by Gasteiger charge is -2.42. The topological polar surface area (TPSA) is 12.5 Å². The van der Waals surface area contributed by atoms with E-state index in [-0.39, 0.29) is 23.4 Å². The number of ether oxygens (including phenoxy) is 1. The molecular weight excluding hydrogens is 475 g/mol. The zero-order valence-corrected chi connectivity index (χ0v) is 19.3. The lowest BCUT2D eigenvalue weighted by Crippen LogP contribution is -2.47. The Hall–Kier alpha value is -2.13. The number of rotatable bonds is 5. The highest BCUT2D eigenvalue weighted by Crippen LogP contribution is 2.40. The molecule has 1 aliphatic carbocycles. The van der Waals surface area contributed by atoms with Gasteiger partial charge in [0.05, 0.1) is 23.3 Å². The first-order chi connectivity index (χ1) is 16.4. The molecule has 2 fully saturated rings. The van der Waals surface area contributed by atoms with Gasteiger partial charge in [0.1, 0.15) is 5.82 Å². The number of nitrogens with zero attached hydrogens (tertiary/aromatic N) is 1. The Balaban J connectivity index is 1.60. The van der Waals surface area contributed by atoms with Crippen molar-refractivity contribution in [2.24, 2.45) is 0 Å². The van der Waals surface area contributed by atoms with Gasteiger partial charge in [0.2, 0.25) is 0 Å². The summed E-state index contributed by atoms with van der Waals surface area (Å²) in [4.78, 5) is 2.39. The molecule has 1 heterocycles. The Bertz CT molecular complexity index is 964.